The number of carbonyl (C=O) groups is 5. The lowest BCUT2D eigenvalue weighted by atomic mass is 10.0. The van der Waals surface area contributed by atoms with Crippen LogP contribution in [-0.4, -0.2) is 58.2 Å². The number of hydrogen-bond donors (Lipinski definition) is 5. The Kier molecular flexibility index (Phi) is 11.9. The van der Waals surface area contributed by atoms with Gasteiger partial charge in [-0.2, -0.15) is 5.10 Å². The van der Waals surface area contributed by atoms with Crippen LogP contribution in [0, 0.1) is 0 Å². The molecule has 0 fully saturated rings. The molecule has 3 aromatic rings. The first kappa shape index (κ1) is 32.0. The number of nitrogens with two attached hydrogens (primary N) is 1. The predicted octanol–water partition coefficient (Wildman–Crippen LogP) is 2.06. The van der Waals surface area contributed by atoms with E-state index in [9.17, 15) is 34.2 Å². The van der Waals surface area contributed by atoms with Crippen molar-refractivity contribution in [3.05, 3.63) is 102 Å². The fraction of sp³-hybridized carbons (Fsp3) is 0.226. The number of rotatable bonds is 15. The molecule has 0 radical (unpaired) electrons. The van der Waals surface area contributed by atoms with Crippen LogP contribution in [0.3, 0.4) is 0 Å². The first-order valence-electron chi connectivity index (χ1n) is 13.4. The maximum atomic E-state index is 13.3. The molecule has 3 rings (SSSR count). The number of hydrazone groups is 1. The third-order valence-electron chi connectivity index (χ3n) is 6.41. The Labute approximate surface area is 248 Å². The van der Waals surface area contributed by atoms with Crippen molar-refractivity contribution in [1.82, 2.24) is 10.6 Å². The molecule has 0 aliphatic rings. The van der Waals surface area contributed by atoms with Crippen molar-refractivity contribution in [2.75, 3.05) is 4.90 Å². The van der Waals surface area contributed by atoms with Crippen LogP contribution in [0.5, 0.6) is 0 Å². The van der Waals surface area contributed by atoms with E-state index in [-0.39, 0.29) is 31.7 Å². The Balaban J connectivity index is 1.67. The SMILES string of the molecule is NN=Cc1ccc(N(Cc2ccccc2)C(=O)CCC(=O)N[C@@H](CC(=O)O)C(=O)N[C@@H](Cc2ccccc2)C(=O)O)cc1. The molecular weight excluding hydrogens is 554 g/mol. The Morgan fingerprint density at radius 1 is 0.791 bits per heavy atom. The second-order valence-electron chi connectivity index (χ2n) is 9.64. The van der Waals surface area contributed by atoms with Gasteiger partial charge in [0.2, 0.25) is 17.7 Å². The molecule has 43 heavy (non-hydrogen) atoms. The molecule has 0 aliphatic carbocycles. The molecule has 0 aromatic heterocycles. The van der Waals surface area contributed by atoms with E-state index in [0.717, 1.165) is 11.1 Å². The summed E-state index contributed by atoms with van der Waals surface area (Å²) in [5.74, 6) is 0.441. The third-order valence-corrected chi connectivity index (χ3v) is 6.41. The quantitative estimate of drug-likeness (QED) is 0.101. The largest absolute Gasteiger partial charge is 0.481 e. The minimum Gasteiger partial charge on any atom is -0.481 e. The van der Waals surface area contributed by atoms with E-state index in [0.29, 0.717) is 11.3 Å². The summed E-state index contributed by atoms with van der Waals surface area (Å²) >= 11 is 0. The molecule has 3 amide bonds. The number of amides is 3. The van der Waals surface area contributed by atoms with Gasteiger partial charge in [0.15, 0.2) is 0 Å². The number of carboxylic acids is 2. The summed E-state index contributed by atoms with van der Waals surface area (Å²) in [6.07, 6.45) is 0.0698. The van der Waals surface area contributed by atoms with Gasteiger partial charge in [0.25, 0.3) is 0 Å². The number of nitrogens with zero attached hydrogens (tertiary/aromatic N) is 2. The number of hydrogen-bond acceptors (Lipinski definition) is 7. The van der Waals surface area contributed by atoms with E-state index in [1.165, 1.54) is 11.1 Å². The first-order chi connectivity index (χ1) is 20.7. The van der Waals surface area contributed by atoms with Crippen molar-refractivity contribution in [2.24, 2.45) is 10.9 Å². The lowest BCUT2D eigenvalue weighted by Crippen LogP contribution is -2.53. The molecule has 0 saturated heterocycles. The molecule has 0 aliphatic heterocycles. The van der Waals surface area contributed by atoms with E-state index in [1.807, 2.05) is 30.3 Å². The molecule has 0 unspecified atom stereocenters. The van der Waals surface area contributed by atoms with Gasteiger partial charge in [-0.25, -0.2) is 4.79 Å². The van der Waals surface area contributed by atoms with Crippen LogP contribution in [-0.2, 0) is 36.9 Å². The summed E-state index contributed by atoms with van der Waals surface area (Å²) in [6, 6.07) is 21.9. The molecular formula is C31H33N5O7. The topological polar surface area (TPSA) is 191 Å². The van der Waals surface area contributed by atoms with Crippen molar-refractivity contribution in [3.8, 4) is 0 Å². The van der Waals surface area contributed by atoms with Gasteiger partial charge in [0, 0.05) is 24.9 Å². The summed E-state index contributed by atoms with van der Waals surface area (Å²) in [5.41, 5.74) is 2.81. The number of nitrogens with one attached hydrogen (secondary N) is 2. The molecule has 12 heteroatoms. The second-order valence-corrected chi connectivity index (χ2v) is 9.64. The monoisotopic (exact) mass is 587 g/mol. The van der Waals surface area contributed by atoms with E-state index < -0.39 is 42.3 Å². The van der Waals surface area contributed by atoms with Crippen LogP contribution in [0.4, 0.5) is 5.69 Å². The van der Waals surface area contributed by atoms with E-state index in [1.54, 1.807) is 54.6 Å². The Morgan fingerprint density at radius 2 is 1.40 bits per heavy atom. The molecule has 0 spiro atoms. The lowest BCUT2D eigenvalue weighted by molar-refractivity contribution is -0.143. The van der Waals surface area contributed by atoms with Gasteiger partial charge in [0.05, 0.1) is 19.2 Å². The number of benzene rings is 3. The molecule has 2 atom stereocenters. The van der Waals surface area contributed by atoms with Crippen molar-refractivity contribution >= 4 is 41.6 Å². The van der Waals surface area contributed by atoms with Gasteiger partial charge in [-0.05, 0) is 28.8 Å². The molecule has 12 nitrogen and oxygen atoms in total. The molecule has 0 heterocycles. The van der Waals surface area contributed by atoms with Crippen LogP contribution < -0.4 is 21.4 Å². The average molecular weight is 588 g/mol. The van der Waals surface area contributed by atoms with Gasteiger partial charge in [-0.3, -0.25) is 19.2 Å². The Bertz CT molecular complexity index is 1430. The van der Waals surface area contributed by atoms with E-state index in [2.05, 4.69) is 15.7 Å². The van der Waals surface area contributed by atoms with Crippen LogP contribution in [0.2, 0.25) is 0 Å². The minimum atomic E-state index is -1.55. The summed E-state index contributed by atoms with van der Waals surface area (Å²) in [6.45, 7) is 0.230. The molecule has 6 N–H and O–H groups in total. The van der Waals surface area contributed by atoms with Crippen LogP contribution >= 0.6 is 0 Å². The lowest BCUT2D eigenvalue weighted by Gasteiger charge is -2.24. The fourth-order valence-corrected chi connectivity index (χ4v) is 4.24. The molecule has 0 bridgehead atoms. The highest BCUT2D eigenvalue weighted by molar-refractivity contribution is 5.97. The van der Waals surface area contributed by atoms with Crippen molar-refractivity contribution in [3.63, 3.8) is 0 Å². The summed E-state index contributed by atoms with van der Waals surface area (Å²) < 4.78 is 0. The smallest absolute Gasteiger partial charge is 0.326 e. The number of anilines is 1. The normalized spacial score (nSPS) is 12.2. The van der Waals surface area contributed by atoms with Gasteiger partial charge < -0.3 is 31.6 Å². The van der Waals surface area contributed by atoms with Gasteiger partial charge >= 0.3 is 11.9 Å². The van der Waals surface area contributed by atoms with Crippen molar-refractivity contribution in [2.45, 2.75) is 44.3 Å². The molecule has 3 aromatic carbocycles. The maximum Gasteiger partial charge on any atom is 0.326 e. The van der Waals surface area contributed by atoms with Crippen LogP contribution in [0.1, 0.15) is 36.0 Å². The fourth-order valence-electron chi connectivity index (χ4n) is 4.24. The number of carbonyl (C=O) groups excluding carboxylic acids is 3. The molecule has 224 valence electrons. The maximum absolute atomic E-state index is 13.3. The Morgan fingerprint density at radius 3 is 1.95 bits per heavy atom. The zero-order valence-corrected chi connectivity index (χ0v) is 23.3. The first-order valence-corrected chi connectivity index (χ1v) is 13.4. The second kappa shape index (κ2) is 16.1. The van der Waals surface area contributed by atoms with Crippen LogP contribution in [0.25, 0.3) is 0 Å². The highest BCUT2D eigenvalue weighted by atomic mass is 16.4. The average Bonchev–Trinajstić information content (AvgIpc) is 2.99. The van der Waals surface area contributed by atoms with Crippen molar-refractivity contribution in [1.29, 1.82) is 0 Å². The standard InChI is InChI=1S/C31H33N5O7/c32-33-19-22-11-13-24(14-12-22)36(20-23-9-5-2-6-10-23)28(38)16-15-27(37)34-25(18-29(39)40)30(41)35-26(31(42)43)17-21-7-3-1-4-8-21/h1-14,19,25-26H,15-18,20,32H2,(H,34,37)(H,35,41)(H,39,40)(H,42,43)/t25-,26-/m0/s1. The summed E-state index contributed by atoms with van der Waals surface area (Å²) in [7, 11) is 0. The third kappa shape index (κ3) is 10.4. The zero-order valence-electron chi connectivity index (χ0n) is 23.3. The van der Waals surface area contributed by atoms with Gasteiger partial charge in [0.1, 0.15) is 12.1 Å². The predicted molar refractivity (Wildman–Crippen MR) is 159 cm³/mol. The van der Waals surface area contributed by atoms with Crippen LogP contribution in [0.15, 0.2) is 90.0 Å². The van der Waals surface area contributed by atoms with Gasteiger partial charge in [-0.15, -0.1) is 0 Å². The highest BCUT2D eigenvalue weighted by Crippen LogP contribution is 2.20. The van der Waals surface area contributed by atoms with E-state index >= 15 is 0 Å². The number of aliphatic carboxylic acids is 2. The number of carboxylic acid groups (broad SMARTS) is 2. The van der Waals surface area contributed by atoms with Gasteiger partial charge in [-0.1, -0.05) is 72.8 Å². The van der Waals surface area contributed by atoms with E-state index in [4.69, 9.17) is 5.84 Å². The van der Waals surface area contributed by atoms with Crippen molar-refractivity contribution < 1.29 is 34.2 Å². The summed E-state index contributed by atoms with van der Waals surface area (Å²) in [5, 5.41) is 27.0. The zero-order chi connectivity index (χ0) is 31.2. The molecule has 0 saturated carbocycles. The highest BCUT2D eigenvalue weighted by Gasteiger charge is 2.29. The minimum absolute atomic E-state index is 0.0403. The summed E-state index contributed by atoms with van der Waals surface area (Å²) in [4.78, 5) is 63.7. The Hall–Kier alpha value is -5.52.